The van der Waals surface area contributed by atoms with Gasteiger partial charge in [0.25, 0.3) is 5.56 Å². The topological polar surface area (TPSA) is 77.0 Å². The van der Waals surface area contributed by atoms with Crippen molar-refractivity contribution in [3.8, 4) is 0 Å². The molecule has 2 aromatic heterocycles. The minimum atomic E-state index is -0.0363. The number of hydrogen-bond acceptors (Lipinski definition) is 6. The standard InChI is InChI=1S/C27H30ClN5O2.ClH/c1-18(2)26-29-25(35-31-26)13-15-32-14-5-6-21(32)17-33-27(34)23-8-4-3-7-22(23)24(30-33)16-19-9-11-20(28)12-10-19;/h3-4,7-12,18,21H,5-6,13-17H2,1-2H3;1H/t21-;/m1./s1. The summed E-state index contributed by atoms with van der Waals surface area (Å²) in [5.41, 5.74) is 1.98. The lowest BCUT2D eigenvalue weighted by Gasteiger charge is -2.24. The lowest BCUT2D eigenvalue weighted by Crippen LogP contribution is -2.38. The smallest absolute Gasteiger partial charge is 0.274 e. The Balaban J connectivity index is 0.00000304. The van der Waals surface area contributed by atoms with Gasteiger partial charge in [-0.2, -0.15) is 10.1 Å². The normalized spacial score (nSPS) is 16.1. The quantitative estimate of drug-likeness (QED) is 0.310. The first-order chi connectivity index (χ1) is 17.0. The van der Waals surface area contributed by atoms with Gasteiger partial charge in [0.15, 0.2) is 5.82 Å². The molecular formula is C27H31Cl2N5O2. The van der Waals surface area contributed by atoms with Gasteiger partial charge in [0.1, 0.15) is 0 Å². The Kier molecular flexibility index (Phi) is 8.44. The first-order valence-electron chi connectivity index (χ1n) is 12.3. The summed E-state index contributed by atoms with van der Waals surface area (Å²) in [7, 11) is 0. The van der Waals surface area contributed by atoms with Crippen molar-refractivity contribution in [2.45, 2.75) is 58.0 Å². The number of rotatable bonds is 8. The van der Waals surface area contributed by atoms with Crippen LogP contribution in [0.25, 0.3) is 10.8 Å². The maximum Gasteiger partial charge on any atom is 0.274 e. The van der Waals surface area contributed by atoms with E-state index in [0.717, 1.165) is 48.4 Å². The summed E-state index contributed by atoms with van der Waals surface area (Å²) in [6.45, 7) is 6.50. The van der Waals surface area contributed by atoms with Gasteiger partial charge in [0.2, 0.25) is 5.89 Å². The number of nitrogens with zero attached hydrogens (tertiary/aromatic N) is 5. The summed E-state index contributed by atoms with van der Waals surface area (Å²) in [4.78, 5) is 20.3. The van der Waals surface area contributed by atoms with Gasteiger partial charge in [-0.3, -0.25) is 9.69 Å². The molecular weight excluding hydrogens is 497 g/mol. The summed E-state index contributed by atoms with van der Waals surface area (Å²) in [6, 6.07) is 15.8. The Morgan fingerprint density at radius 3 is 2.58 bits per heavy atom. The Morgan fingerprint density at radius 1 is 1.11 bits per heavy atom. The van der Waals surface area contributed by atoms with Gasteiger partial charge >= 0.3 is 0 Å². The highest BCUT2D eigenvalue weighted by molar-refractivity contribution is 6.30. The van der Waals surface area contributed by atoms with E-state index in [-0.39, 0.29) is 29.9 Å². The first-order valence-corrected chi connectivity index (χ1v) is 12.7. The summed E-state index contributed by atoms with van der Waals surface area (Å²) in [5.74, 6) is 1.67. The van der Waals surface area contributed by atoms with Crippen molar-refractivity contribution in [2.24, 2.45) is 0 Å². The molecule has 190 valence electrons. The number of benzene rings is 2. The van der Waals surface area contributed by atoms with Crippen LogP contribution in [-0.2, 0) is 19.4 Å². The first kappa shape index (κ1) is 26.3. The van der Waals surface area contributed by atoms with E-state index in [1.54, 1.807) is 4.68 Å². The van der Waals surface area contributed by atoms with E-state index in [4.69, 9.17) is 21.2 Å². The Morgan fingerprint density at radius 2 is 1.86 bits per heavy atom. The van der Waals surface area contributed by atoms with Crippen LogP contribution in [0.1, 0.15) is 55.6 Å². The zero-order valence-electron chi connectivity index (χ0n) is 20.6. The molecule has 0 spiro atoms. The minimum absolute atomic E-state index is 0. The lowest BCUT2D eigenvalue weighted by atomic mass is 10.0. The van der Waals surface area contributed by atoms with Crippen molar-refractivity contribution < 1.29 is 4.52 Å². The third-order valence-electron chi connectivity index (χ3n) is 6.72. The molecule has 1 atom stereocenters. The minimum Gasteiger partial charge on any atom is -0.339 e. The van der Waals surface area contributed by atoms with Gasteiger partial charge in [0, 0.05) is 41.8 Å². The Bertz CT molecular complexity index is 1370. The van der Waals surface area contributed by atoms with Crippen molar-refractivity contribution >= 4 is 34.8 Å². The van der Waals surface area contributed by atoms with E-state index >= 15 is 0 Å². The lowest BCUT2D eigenvalue weighted by molar-refractivity contribution is 0.219. The molecule has 36 heavy (non-hydrogen) atoms. The second-order valence-electron chi connectivity index (χ2n) is 9.57. The molecule has 2 aromatic carbocycles. The van der Waals surface area contributed by atoms with Gasteiger partial charge in [-0.15, -0.1) is 12.4 Å². The number of hydrogen-bond donors (Lipinski definition) is 0. The van der Waals surface area contributed by atoms with E-state index in [9.17, 15) is 4.79 Å². The molecule has 0 radical (unpaired) electrons. The van der Waals surface area contributed by atoms with Crippen molar-refractivity contribution in [2.75, 3.05) is 13.1 Å². The van der Waals surface area contributed by atoms with Gasteiger partial charge in [-0.05, 0) is 43.1 Å². The van der Waals surface area contributed by atoms with Crippen LogP contribution >= 0.6 is 24.0 Å². The summed E-state index contributed by atoms with van der Waals surface area (Å²) in [6.07, 6.45) is 3.49. The molecule has 5 rings (SSSR count). The highest BCUT2D eigenvalue weighted by Crippen LogP contribution is 2.22. The number of likely N-dealkylation sites (tertiary alicyclic amines) is 1. The number of fused-ring (bicyclic) bond motifs is 1. The highest BCUT2D eigenvalue weighted by Gasteiger charge is 2.26. The van der Waals surface area contributed by atoms with E-state index < -0.39 is 0 Å². The summed E-state index contributed by atoms with van der Waals surface area (Å²) in [5, 5.41) is 11.3. The molecule has 0 bridgehead atoms. The molecule has 0 N–H and O–H groups in total. The fourth-order valence-corrected chi connectivity index (χ4v) is 4.92. The average molecular weight is 528 g/mol. The molecule has 1 aliphatic heterocycles. The Hall–Kier alpha value is -2.74. The van der Waals surface area contributed by atoms with E-state index in [1.165, 1.54) is 0 Å². The van der Waals surface area contributed by atoms with Crippen LogP contribution in [0, 0.1) is 0 Å². The van der Waals surface area contributed by atoms with Crippen LogP contribution in [-0.4, -0.2) is 44.0 Å². The SMILES string of the molecule is CC(C)c1noc(CCN2CCC[C@@H]2Cn2nc(Cc3ccc(Cl)cc3)c3ccccc3c2=O)n1.Cl. The van der Waals surface area contributed by atoms with Crippen molar-refractivity contribution in [3.05, 3.63) is 86.9 Å². The molecule has 0 unspecified atom stereocenters. The predicted octanol–water partition coefficient (Wildman–Crippen LogP) is 5.28. The number of aromatic nitrogens is 4. The molecule has 4 aromatic rings. The van der Waals surface area contributed by atoms with Crippen molar-refractivity contribution in [1.82, 2.24) is 24.8 Å². The van der Waals surface area contributed by atoms with Crippen LogP contribution in [0.2, 0.25) is 5.02 Å². The summed E-state index contributed by atoms with van der Waals surface area (Å²) >= 11 is 6.07. The maximum atomic E-state index is 13.3. The molecule has 1 fully saturated rings. The average Bonchev–Trinajstić information content (AvgIpc) is 3.52. The molecule has 0 amide bonds. The van der Waals surface area contributed by atoms with Gasteiger partial charge in [-0.1, -0.05) is 60.9 Å². The zero-order valence-corrected chi connectivity index (χ0v) is 22.1. The number of halogens is 2. The van der Waals surface area contributed by atoms with Gasteiger partial charge in [-0.25, -0.2) is 4.68 Å². The fourth-order valence-electron chi connectivity index (χ4n) is 4.79. The van der Waals surface area contributed by atoms with Crippen LogP contribution in [0.3, 0.4) is 0 Å². The molecule has 0 aliphatic carbocycles. The van der Waals surface area contributed by atoms with Crippen LogP contribution < -0.4 is 5.56 Å². The maximum absolute atomic E-state index is 13.3. The zero-order chi connectivity index (χ0) is 24.4. The van der Waals surface area contributed by atoms with Gasteiger partial charge in [0.05, 0.1) is 17.6 Å². The van der Waals surface area contributed by atoms with Crippen molar-refractivity contribution in [3.63, 3.8) is 0 Å². The second kappa shape index (κ2) is 11.5. The fraction of sp³-hybridized carbons (Fsp3) is 0.407. The molecule has 0 saturated carbocycles. The predicted molar refractivity (Wildman–Crippen MR) is 144 cm³/mol. The largest absolute Gasteiger partial charge is 0.339 e. The van der Waals surface area contributed by atoms with Crippen LogP contribution in [0.15, 0.2) is 57.8 Å². The molecule has 9 heteroatoms. The van der Waals surface area contributed by atoms with Crippen LogP contribution in [0.4, 0.5) is 0 Å². The highest BCUT2D eigenvalue weighted by atomic mass is 35.5. The molecule has 1 aliphatic rings. The molecule has 3 heterocycles. The third kappa shape index (κ3) is 5.80. The Labute approximate surface area is 221 Å². The van der Waals surface area contributed by atoms with E-state index in [1.807, 2.05) is 48.5 Å². The molecule has 1 saturated heterocycles. The monoisotopic (exact) mass is 527 g/mol. The van der Waals surface area contributed by atoms with E-state index in [2.05, 4.69) is 28.9 Å². The van der Waals surface area contributed by atoms with Gasteiger partial charge < -0.3 is 4.52 Å². The summed E-state index contributed by atoms with van der Waals surface area (Å²) < 4.78 is 7.09. The second-order valence-corrected chi connectivity index (χ2v) is 10.0. The van der Waals surface area contributed by atoms with Crippen molar-refractivity contribution in [1.29, 1.82) is 0 Å². The van der Waals surface area contributed by atoms with Crippen LogP contribution in [0.5, 0.6) is 0 Å². The van der Waals surface area contributed by atoms with E-state index in [0.29, 0.717) is 35.7 Å². The third-order valence-corrected chi connectivity index (χ3v) is 6.98. The molecule has 7 nitrogen and oxygen atoms in total.